The highest BCUT2D eigenvalue weighted by Gasteiger charge is 2.43. The van der Waals surface area contributed by atoms with E-state index in [1.165, 1.54) is 0 Å². The molecule has 1 aliphatic heterocycles. The van der Waals surface area contributed by atoms with Crippen LogP contribution in [0.3, 0.4) is 0 Å². The Hall–Kier alpha value is -1.53. The molecule has 0 radical (unpaired) electrons. The molecular formula is C15H17F3N2O. The minimum Gasteiger partial charge on any atom is -0.366 e. The van der Waals surface area contributed by atoms with Gasteiger partial charge in [-0.2, -0.15) is 13.2 Å². The van der Waals surface area contributed by atoms with Gasteiger partial charge in [0.05, 0.1) is 6.61 Å². The maximum absolute atomic E-state index is 12.7. The summed E-state index contributed by atoms with van der Waals surface area (Å²) in [6.07, 6.45) is -3.27. The summed E-state index contributed by atoms with van der Waals surface area (Å²) in [5, 5.41) is 1.14. The molecular weight excluding hydrogens is 281 g/mol. The van der Waals surface area contributed by atoms with Gasteiger partial charge in [-0.3, -0.25) is 4.90 Å². The Balaban J connectivity index is 1.62. The number of para-hydroxylation sites is 1. The van der Waals surface area contributed by atoms with Crippen molar-refractivity contribution in [1.82, 2.24) is 9.88 Å². The first-order valence-corrected chi connectivity index (χ1v) is 7.00. The zero-order valence-electron chi connectivity index (χ0n) is 11.5. The molecule has 2 heterocycles. The van der Waals surface area contributed by atoms with Crippen LogP contribution in [0.5, 0.6) is 0 Å². The number of rotatable bonds is 3. The second kappa shape index (κ2) is 5.69. The predicted octanol–water partition coefficient (Wildman–Crippen LogP) is 2.97. The molecule has 1 fully saturated rings. The number of nitrogens with one attached hydrogen (secondary N) is 1. The highest BCUT2D eigenvalue weighted by atomic mass is 19.4. The van der Waals surface area contributed by atoms with Crippen LogP contribution in [0.25, 0.3) is 10.9 Å². The average molecular weight is 298 g/mol. The maximum atomic E-state index is 12.7. The molecule has 2 aromatic rings. The number of ether oxygens (including phenoxy) is 1. The fourth-order valence-electron chi connectivity index (χ4n) is 2.72. The van der Waals surface area contributed by atoms with Gasteiger partial charge in [0.1, 0.15) is 0 Å². The van der Waals surface area contributed by atoms with Gasteiger partial charge < -0.3 is 9.72 Å². The molecule has 6 heteroatoms. The fourth-order valence-corrected chi connectivity index (χ4v) is 2.72. The second-order valence-corrected chi connectivity index (χ2v) is 5.31. The van der Waals surface area contributed by atoms with Gasteiger partial charge in [-0.25, -0.2) is 0 Å². The van der Waals surface area contributed by atoms with Crippen LogP contribution in [0.2, 0.25) is 0 Å². The van der Waals surface area contributed by atoms with Gasteiger partial charge in [0.2, 0.25) is 0 Å². The highest BCUT2D eigenvalue weighted by Crippen LogP contribution is 2.26. The van der Waals surface area contributed by atoms with Crippen LogP contribution in [0.15, 0.2) is 30.5 Å². The standard InChI is InChI=1S/C15H17F3N2O/c16-15(17,18)14-10-20(7-8-21-14)6-5-11-9-19-13-4-2-1-3-12(11)13/h1-4,9,14,19H,5-8,10H2. The summed E-state index contributed by atoms with van der Waals surface area (Å²) >= 11 is 0. The first kappa shape index (κ1) is 14.4. The number of hydrogen-bond acceptors (Lipinski definition) is 2. The SMILES string of the molecule is FC(F)(F)C1CN(CCc2c[nH]c3ccccc23)CCO1. The monoisotopic (exact) mass is 298 g/mol. The van der Waals surface area contributed by atoms with Crippen LogP contribution in [-0.2, 0) is 11.2 Å². The quantitative estimate of drug-likeness (QED) is 0.943. The van der Waals surface area contributed by atoms with E-state index in [0.717, 1.165) is 22.9 Å². The summed E-state index contributed by atoms with van der Waals surface area (Å²) in [5.74, 6) is 0. The molecule has 21 heavy (non-hydrogen) atoms. The zero-order valence-corrected chi connectivity index (χ0v) is 11.5. The Labute approximate surface area is 120 Å². The summed E-state index contributed by atoms with van der Waals surface area (Å²) < 4.78 is 42.8. The molecule has 1 unspecified atom stereocenters. The molecule has 1 saturated heterocycles. The van der Waals surface area contributed by atoms with Gasteiger partial charge in [0, 0.05) is 36.7 Å². The van der Waals surface area contributed by atoms with E-state index in [2.05, 4.69) is 4.98 Å². The molecule has 1 atom stereocenters. The van der Waals surface area contributed by atoms with Gasteiger partial charge in [0.25, 0.3) is 0 Å². The molecule has 0 spiro atoms. The largest absolute Gasteiger partial charge is 0.415 e. The number of H-pyrrole nitrogens is 1. The van der Waals surface area contributed by atoms with E-state index >= 15 is 0 Å². The molecule has 0 saturated carbocycles. The fraction of sp³-hybridized carbons (Fsp3) is 0.467. The van der Waals surface area contributed by atoms with Crippen molar-refractivity contribution in [2.75, 3.05) is 26.2 Å². The van der Waals surface area contributed by atoms with Gasteiger partial charge in [0.15, 0.2) is 6.10 Å². The molecule has 1 aromatic heterocycles. The van der Waals surface area contributed by atoms with Crippen molar-refractivity contribution < 1.29 is 17.9 Å². The summed E-state index contributed by atoms with van der Waals surface area (Å²) in [7, 11) is 0. The van der Waals surface area contributed by atoms with Crippen molar-refractivity contribution >= 4 is 10.9 Å². The first-order chi connectivity index (χ1) is 10.0. The van der Waals surface area contributed by atoms with Crippen molar-refractivity contribution in [3.05, 3.63) is 36.0 Å². The van der Waals surface area contributed by atoms with E-state index in [9.17, 15) is 13.2 Å². The van der Waals surface area contributed by atoms with Crippen molar-refractivity contribution in [3.8, 4) is 0 Å². The van der Waals surface area contributed by atoms with Gasteiger partial charge in [-0.15, -0.1) is 0 Å². The molecule has 1 aliphatic rings. The van der Waals surface area contributed by atoms with Crippen LogP contribution in [-0.4, -0.2) is 48.4 Å². The van der Waals surface area contributed by atoms with Crippen molar-refractivity contribution in [1.29, 1.82) is 0 Å². The number of aromatic nitrogens is 1. The van der Waals surface area contributed by atoms with Crippen molar-refractivity contribution in [2.24, 2.45) is 0 Å². The van der Waals surface area contributed by atoms with Crippen molar-refractivity contribution in [2.45, 2.75) is 18.7 Å². The Morgan fingerprint density at radius 3 is 2.90 bits per heavy atom. The van der Waals surface area contributed by atoms with E-state index < -0.39 is 12.3 Å². The second-order valence-electron chi connectivity index (χ2n) is 5.31. The first-order valence-electron chi connectivity index (χ1n) is 7.00. The van der Waals surface area contributed by atoms with E-state index in [1.54, 1.807) is 0 Å². The van der Waals surface area contributed by atoms with Crippen molar-refractivity contribution in [3.63, 3.8) is 0 Å². The van der Waals surface area contributed by atoms with Gasteiger partial charge >= 0.3 is 6.18 Å². The van der Waals surface area contributed by atoms with E-state index in [4.69, 9.17) is 4.74 Å². The van der Waals surface area contributed by atoms with Gasteiger partial charge in [-0.05, 0) is 18.1 Å². The summed E-state index contributed by atoms with van der Waals surface area (Å²) in [6, 6.07) is 7.94. The number of benzene rings is 1. The normalized spacial score (nSPS) is 21.0. The lowest BCUT2D eigenvalue weighted by Gasteiger charge is -2.33. The molecule has 1 N–H and O–H groups in total. The van der Waals surface area contributed by atoms with Crippen LogP contribution < -0.4 is 0 Å². The zero-order chi connectivity index (χ0) is 14.9. The smallest absolute Gasteiger partial charge is 0.366 e. The predicted molar refractivity (Wildman–Crippen MR) is 74.2 cm³/mol. The van der Waals surface area contributed by atoms with E-state index in [0.29, 0.717) is 13.1 Å². The molecule has 114 valence electrons. The van der Waals surface area contributed by atoms with Crippen LogP contribution in [0, 0.1) is 0 Å². The van der Waals surface area contributed by atoms with E-state index in [-0.39, 0.29) is 13.2 Å². The molecule has 0 aliphatic carbocycles. The Bertz CT molecular complexity index is 608. The van der Waals surface area contributed by atoms with Crippen LogP contribution >= 0.6 is 0 Å². The Morgan fingerprint density at radius 2 is 2.10 bits per heavy atom. The summed E-state index contributed by atoms with van der Waals surface area (Å²) in [5.41, 5.74) is 2.20. The number of aromatic amines is 1. The van der Waals surface area contributed by atoms with Crippen LogP contribution in [0.1, 0.15) is 5.56 Å². The maximum Gasteiger partial charge on any atom is 0.415 e. The van der Waals surface area contributed by atoms with Crippen LogP contribution in [0.4, 0.5) is 13.2 Å². The lowest BCUT2D eigenvalue weighted by atomic mass is 10.1. The number of nitrogens with zero attached hydrogens (tertiary/aromatic N) is 1. The third-order valence-electron chi connectivity index (χ3n) is 3.89. The third kappa shape index (κ3) is 3.22. The van der Waals surface area contributed by atoms with Gasteiger partial charge in [-0.1, -0.05) is 18.2 Å². The topological polar surface area (TPSA) is 28.3 Å². The third-order valence-corrected chi connectivity index (χ3v) is 3.89. The number of alkyl halides is 3. The summed E-state index contributed by atoms with van der Waals surface area (Å²) in [4.78, 5) is 5.01. The Morgan fingerprint density at radius 1 is 1.29 bits per heavy atom. The lowest BCUT2D eigenvalue weighted by molar-refractivity contribution is -0.237. The number of halogens is 3. The molecule has 3 rings (SSSR count). The summed E-state index contributed by atoms with van der Waals surface area (Å²) in [6.45, 7) is 1.22. The lowest BCUT2D eigenvalue weighted by Crippen LogP contribution is -2.49. The number of fused-ring (bicyclic) bond motifs is 1. The molecule has 3 nitrogen and oxygen atoms in total. The molecule has 1 aromatic carbocycles. The molecule has 0 bridgehead atoms. The minimum atomic E-state index is -4.28. The Kier molecular flexibility index (Phi) is 3.91. The highest BCUT2D eigenvalue weighted by molar-refractivity contribution is 5.83. The number of hydrogen-bond donors (Lipinski definition) is 1. The molecule has 0 amide bonds. The van der Waals surface area contributed by atoms with E-state index in [1.807, 2.05) is 35.4 Å². The number of morpholine rings is 1. The average Bonchev–Trinajstić information content (AvgIpc) is 2.88. The minimum absolute atomic E-state index is 0.0775.